The Kier molecular flexibility index (Phi) is 3.68. The first-order valence-corrected chi connectivity index (χ1v) is 5.92. The second-order valence-corrected chi connectivity index (χ2v) is 4.22. The van der Waals surface area contributed by atoms with E-state index >= 15 is 0 Å². The number of rotatable bonds is 3. The zero-order valence-corrected chi connectivity index (χ0v) is 10.3. The summed E-state index contributed by atoms with van der Waals surface area (Å²) in [4.78, 5) is 13.8. The number of ether oxygens (including phenoxy) is 1. The van der Waals surface area contributed by atoms with Crippen molar-refractivity contribution in [3.8, 4) is 0 Å². The third-order valence-corrected chi connectivity index (χ3v) is 3.19. The molecule has 2 rings (SSSR count). The van der Waals surface area contributed by atoms with Crippen molar-refractivity contribution in [2.45, 2.75) is 19.5 Å². The summed E-state index contributed by atoms with van der Waals surface area (Å²) >= 11 is 0. The van der Waals surface area contributed by atoms with E-state index in [0.29, 0.717) is 13.2 Å². The lowest BCUT2D eigenvalue weighted by Crippen LogP contribution is -2.46. The second kappa shape index (κ2) is 5.23. The summed E-state index contributed by atoms with van der Waals surface area (Å²) in [5, 5.41) is 2.86. The van der Waals surface area contributed by atoms with Crippen LogP contribution in [0.5, 0.6) is 0 Å². The molecule has 1 aromatic rings. The van der Waals surface area contributed by atoms with Crippen LogP contribution in [0.2, 0.25) is 0 Å². The van der Waals surface area contributed by atoms with Crippen LogP contribution in [-0.2, 0) is 11.3 Å². The molecule has 1 unspecified atom stereocenters. The third kappa shape index (κ3) is 2.44. The fraction of sp³-hybridized carbons (Fsp3) is 0.583. The maximum atomic E-state index is 12.0. The average molecular weight is 237 g/mol. The van der Waals surface area contributed by atoms with Crippen LogP contribution in [0.15, 0.2) is 18.3 Å². The maximum Gasteiger partial charge on any atom is 0.318 e. The number of carbonyl (C=O) groups excluding carboxylic acids is 1. The van der Waals surface area contributed by atoms with Gasteiger partial charge in [0.1, 0.15) is 0 Å². The van der Waals surface area contributed by atoms with E-state index in [1.54, 1.807) is 7.11 Å². The van der Waals surface area contributed by atoms with Crippen molar-refractivity contribution >= 4 is 6.03 Å². The molecular weight excluding hydrogens is 218 g/mol. The Morgan fingerprint density at radius 3 is 3.18 bits per heavy atom. The summed E-state index contributed by atoms with van der Waals surface area (Å²) in [5.74, 6) is 0. The first-order chi connectivity index (χ1) is 8.24. The smallest absolute Gasteiger partial charge is 0.318 e. The van der Waals surface area contributed by atoms with Gasteiger partial charge in [-0.2, -0.15) is 0 Å². The number of carbonyl (C=O) groups is 1. The molecule has 2 heterocycles. The Morgan fingerprint density at radius 2 is 2.41 bits per heavy atom. The molecule has 1 atom stereocenters. The molecule has 0 aliphatic carbocycles. The van der Waals surface area contributed by atoms with Crippen LogP contribution in [0.3, 0.4) is 0 Å². The molecule has 5 nitrogen and oxygen atoms in total. The number of amides is 2. The van der Waals surface area contributed by atoms with Gasteiger partial charge in [-0.15, -0.1) is 0 Å². The van der Waals surface area contributed by atoms with Crippen molar-refractivity contribution in [2.24, 2.45) is 0 Å². The minimum absolute atomic E-state index is 0.0120. The molecule has 0 aromatic carbocycles. The highest BCUT2D eigenvalue weighted by molar-refractivity contribution is 5.74. The fourth-order valence-corrected chi connectivity index (χ4v) is 2.22. The number of nitrogens with one attached hydrogen (secondary N) is 1. The van der Waals surface area contributed by atoms with E-state index in [2.05, 4.69) is 29.1 Å². The molecule has 0 fully saturated rings. The molecule has 0 bridgehead atoms. The second-order valence-electron chi connectivity index (χ2n) is 4.22. The number of nitrogens with zero attached hydrogens (tertiary/aromatic N) is 2. The molecule has 1 aliphatic heterocycles. The van der Waals surface area contributed by atoms with Crippen LogP contribution in [0.25, 0.3) is 0 Å². The van der Waals surface area contributed by atoms with Gasteiger partial charge in [-0.05, 0) is 19.1 Å². The number of hydrogen-bond donors (Lipinski definition) is 1. The van der Waals surface area contributed by atoms with Crippen molar-refractivity contribution in [3.63, 3.8) is 0 Å². The first-order valence-electron chi connectivity index (χ1n) is 5.92. The number of aromatic nitrogens is 1. The molecule has 2 amide bonds. The number of fused-ring (bicyclic) bond motifs is 1. The summed E-state index contributed by atoms with van der Waals surface area (Å²) in [6.07, 6.45) is 2.06. The summed E-state index contributed by atoms with van der Waals surface area (Å²) < 4.78 is 7.11. The van der Waals surface area contributed by atoms with Crippen molar-refractivity contribution in [3.05, 3.63) is 24.0 Å². The Balaban J connectivity index is 1.97. The third-order valence-electron chi connectivity index (χ3n) is 3.19. The van der Waals surface area contributed by atoms with Crippen LogP contribution in [0.1, 0.15) is 18.7 Å². The average Bonchev–Trinajstić information content (AvgIpc) is 2.78. The number of methoxy groups -OCH3 is 1. The Morgan fingerprint density at radius 1 is 1.59 bits per heavy atom. The highest BCUT2D eigenvalue weighted by Crippen LogP contribution is 2.24. The standard InChI is InChI=1S/C12H19N3O2/c1-10-11-4-3-6-14(11)7-8-15(10)12(16)13-5-9-17-2/h3-4,6,10H,5,7-9H2,1-2H3,(H,13,16). The lowest BCUT2D eigenvalue weighted by atomic mass is 10.1. The molecule has 1 aliphatic rings. The quantitative estimate of drug-likeness (QED) is 0.803. The first kappa shape index (κ1) is 12.0. The van der Waals surface area contributed by atoms with E-state index in [9.17, 15) is 4.79 Å². The number of hydrogen-bond acceptors (Lipinski definition) is 2. The van der Waals surface area contributed by atoms with Gasteiger partial charge >= 0.3 is 6.03 Å². The maximum absolute atomic E-state index is 12.0. The van der Waals surface area contributed by atoms with E-state index in [4.69, 9.17) is 4.74 Å². The van der Waals surface area contributed by atoms with E-state index in [1.165, 1.54) is 5.69 Å². The minimum atomic E-state index is -0.0120. The summed E-state index contributed by atoms with van der Waals surface area (Å²) in [6.45, 7) is 4.77. The van der Waals surface area contributed by atoms with Gasteiger partial charge in [0, 0.05) is 38.6 Å². The Labute approximate surface area is 101 Å². The summed E-state index contributed by atoms with van der Waals surface area (Å²) in [7, 11) is 1.63. The fourth-order valence-electron chi connectivity index (χ4n) is 2.22. The Bertz CT molecular complexity index is 389. The van der Waals surface area contributed by atoms with Crippen LogP contribution < -0.4 is 5.32 Å². The molecule has 0 spiro atoms. The minimum Gasteiger partial charge on any atom is -0.383 e. The van der Waals surface area contributed by atoms with Crippen LogP contribution in [0.4, 0.5) is 4.79 Å². The predicted octanol–water partition coefficient (Wildman–Crippen LogP) is 1.22. The van der Waals surface area contributed by atoms with Crippen LogP contribution in [-0.4, -0.2) is 42.3 Å². The molecule has 0 saturated heterocycles. The molecule has 94 valence electrons. The van der Waals surface area contributed by atoms with Gasteiger partial charge < -0.3 is 19.5 Å². The lowest BCUT2D eigenvalue weighted by Gasteiger charge is -2.34. The van der Waals surface area contributed by atoms with E-state index < -0.39 is 0 Å². The largest absolute Gasteiger partial charge is 0.383 e. The topological polar surface area (TPSA) is 46.5 Å². The highest BCUT2D eigenvalue weighted by atomic mass is 16.5. The van der Waals surface area contributed by atoms with Gasteiger partial charge in [-0.3, -0.25) is 0 Å². The van der Waals surface area contributed by atoms with Crippen LogP contribution in [0, 0.1) is 0 Å². The summed E-state index contributed by atoms with van der Waals surface area (Å²) in [6, 6.07) is 4.21. The van der Waals surface area contributed by atoms with Gasteiger partial charge in [-0.1, -0.05) is 0 Å². The predicted molar refractivity (Wildman–Crippen MR) is 64.8 cm³/mol. The van der Waals surface area contributed by atoms with Crippen molar-refractivity contribution in [1.82, 2.24) is 14.8 Å². The SMILES string of the molecule is COCCNC(=O)N1CCn2cccc2C1C. The molecule has 17 heavy (non-hydrogen) atoms. The zero-order chi connectivity index (χ0) is 12.3. The van der Waals surface area contributed by atoms with Gasteiger partial charge in [-0.25, -0.2) is 4.79 Å². The molecule has 1 aromatic heterocycles. The molecule has 5 heteroatoms. The lowest BCUT2D eigenvalue weighted by molar-refractivity contribution is 0.154. The monoisotopic (exact) mass is 237 g/mol. The molecule has 1 N–H and O–H groups in total. The molecule has 0 saturated carbocycles. The van der Waals surface area contributed by atoms with Crippen molar-refractivity contribution < 1.29 is 9.53 Å². The Hall–Kier alpha value is -1.49. The zero-order valence-electron chi connectivity index (χ0n) is 10.3. The van der Waals surface area contributed by atoms with E-state index in [1.807, 2.05) is 11.0 Å². The van der Waals surface area contributed by atoms with Crippen LogP contribution >= 0.6 is 0 Å². The molecular formula is C12H19N3O2. The van der Waals surface area contributed by atoms with Gasteiger partial charge in [0.2, 0.25) is 0 Å². The number of urea groups is 1. The van der Waals surface area contributed by atoms with Gasteiger partial charge in [0.15, 0.2) is 0 Å². The molecule has 0 radical (unpaired) electrons. The van der Waals surface area contributed by atoms with Crippen molar-refractivity contribution in [2.75, 3.05) is 26.8 Å². The van der Waals surface area contributed by atoms with Gasteiger partial charge in [0.25, 0.3) is 0 Å². The highest BCUT2D eigenvalue weighted by Gasteiger charge is 2.26. The van der Waals surface area contributed by atoms with E-state index in [0.717, 1.165) is 13.1 Å². The normalized spacial score (nSPS) is 18.9. The summed E-state index contributed by atoms with van der Waals surface area (Å²) in [5.41, 5.74) is 1.19. The van der Waals surface area contributed by atoms with Crippen molar-refractivity contribution in [1.29, 1.82) is 0 Å². The van der Waals surface area contributed by atoms with E-state index in [-0.39, 0.29) is 12.1 Å². The van der Waals surface area contributed by atoms with Gasteiger partial charge in [0.05, 0.1) is 12.6 Å².